The molecule has 1 aromatic heterocycles. The number of nitrogen functional groups attached to an aromatic ring is 1. The predicted octanol–water partition coefficient (Wildman–Crippen LogP) is 3.71. The zero-order valence-corrected chi connectivity index (χ0v) is 11.3. The highest BCUT2D eigenvalue weighted by molar-refractivity contribution is 6.30. The molecule has 4 nitrogen and oxygen atoms in total. The van der Waals surface area contributed by atoms with E-state index in [1.165, 1.54) is 0 Å². The molecule has 0 aliphatic carbocycles. The van der Waals surface area contributed by atoms with E-state index in [4.69, 9.17) is 26.5 Å². The lowest BCUT2D eigenvalue weighted by Gasteiger charge is -2.09. The Morgan fingerprint density at radius 1 is 1.39 bits per heavy atom. The number of nitrogens with zero attached hydrogens (tertiary/aromatic N) is 1. The molecule has 0 spiro atoms. The van der Waals surface area contributed by atoms with Crippen molar-refractivity contribution in [3.63, 3.8) is 0 Å². The van der Waals surface area contributed by atoms with Gasteiger partial charge in [0.2, 0.25) is 0 Å². The van der Waals surface area contributed by atoms with Crippen LogP contribution in [0.4, 0.5) is 6.01 Å². The number of aromatic nitrogens is 1. The van der Waals surface area contributed by atoms with Gasteiger partial charge in [-0.25, -0.2) is 0 Å². The summed E-state index contributed by atoms with van der Waals surface area (Å²) < 4.78 is 10.8. The van der Waals surface area contributed by atoms with Gasteiger partial charge in [-0.15, -0.1) is 0 Å². The quantitative estimate of drug-likeness (QED) is 0.920. The molecule has 2 N–H and O–H groups in total. The minimum Gasteiger partial charge on any atom is -0.496 e. The van der Waals surface area contributed by atoms with Crippen LogP contribution in [0.15, 0.2) is 22.6 Å². The molecule has 0 radical (unpaired) electrons. The number of ether oxygens (including phenoxy) is 1. The average Bonchev–Trinajstić information content (AvgIpc) is 2.71. The molecule has 96 valence electrons. The number of anilines is 1. The first kappa shape index (κ1) is 12.8. The maximum absolute atomic E-state index is 6.01. The van der Waals surface area contributed by atoms with Gasteiger partial charge in [-0.05, 0) is 24.1 Å². The van der Waals surface area contributed by atoms with Gasteiger partial charge in [0.1, 0.15) is 5.75 Å². The van der Waals surface area contributed by atoms with Gasteiger partial charge in [0.25, 0.3) is 6.01 Å². The fourth-order valence-electron chi connectivity index (χ4n) is 1.79. The molecule has 1 aromatic carbocycles. The van der Waals surface area contributed by atoms with Crippen molar-refractivity contribution in [1.29, 1.82) is 0 Å². The standard InChI is InChI=1S/C13H15ClN2O2/c1-7(2)11-12(18-13(15)16-11)9-6-8(14)4-5-10(9)17-3/h4-7H,1-3H3,(H2,15,16). The number of hydrogen-bond donors (Lipinski definition) is 1. The lowest BCUT2D eigenvalue weighted by molar-refractivity contribution is 0.414. The second-order valence-electron chi connectivity index (χ2n) is 4.27. The minimum atomic E-state index is 0.149. The van der Waals surface area contributed by atoms with Crippen molar-refractivity contribution in [2.75, 3.05) is 12.8 Å². The molecule has 0 fully saturated rings. The molecule has 0 aliphatic heterocycles. The number of nitrogens with two attached hydrogens (primary N) is 1. The van der Waals surface area contributed by atoms with E-state index in [0.29, 0.717) is 16.5 Å². The van der Waals surface area contributed by atoms with E-state index in [9.17, 15) is 0 Å². The van der Waals surface area contributed by atoms with Gasteiger partial charge < -0.3 is 14.9 Å². The summed E-state index contributed by atoms with van der Waals surface area (Å²) in [6.07, 6.45) is 0. The van der Waals surface area contributed by atoms with Crippen LogP contribution in [0, 0.1) is 0 Å². The molecule has 1 heterocycles. The highest BCUT2D eigenvalue weighted by Gasteiger charge is 2.20. The van der Waals surface area contributed by atoms with Crippen molar-refractivity contribution in [2.24, 2.45) is 0 Å². The molecule has 0 saturated heterocycles. The molecule has 2 aromatic rings. The first-order valence-electron chi connectivity index (χ1n) is 5.63. The summed E-state index contributed by atoms with van der Waals surface area (Å²) >= 11 is 6.01. The average molecular weight is 267 g/mol. The van der Waals surface area contributed by atoms with Gasteiger partial charge >= 0.3 is 0 Å². The van der Waals surface area contributed by atoms with E-state index >= 15 is 0 Å². The Hall–Kier alpha value is -1.68. The smallest absolute Gasteiger partial charge is 0.292 e. The number of oxazole rings is 1. The summed E-state index contributed by atoms with van der Waals surface area (Å²) in [5, 5.41) is 0.607. The highest BCUT2D eigenvalue weighted by atomic mass is 35.5. The van der Waals surface area contributed by atoms with Gasteiger partial charge in [-0.3, -0.25) is 0 Å². The highest BCUT2D eigenvalue weighted by Crippen LogP contribution is 2.37. The lowest BCUT2D eigenvalue weighted by atomic mass is 10.0. The number of halogens is 1. The van der Waals surface area contributed by atoms with Crippen LogP contribution in [-0.2, 0) is 0 Å². The monoisotopic (exact) mass is 266 g/mol. The van der Waals surface area contributed by atoms with E-state index in [1.807, 2.05) is 13.8 Å². The second-order valence-corrected chi connectivity index (χ2v) is 4.70. The summed E-state index contributed by atoms with van der Waals surface area (Å²) in [6.45, 7) is 4.05. The molecule has 0 amide bonds. The molecule has 5 heteroatoms. The lowest BCUT2D eigenvalue weighted by Crippen LogP contribution is -1.93. The van der Waals surface area contributed by atoms with Crippen LogP contribution in [0.1, 0.15) is 25.5 Å². The first-order valence-corrected chi connectivity index (χ1v) is 6.00. The number of benzene rings is 1. The van der Waals surface area contributed by atoms with Gasteiger partial charge in [0.05, 0.1) is 18.4 Å². The van der Waals surface area contributed by atoms with Crippen molar-refractivity contribution in [1.82, 2.24) is 4.98 Å². The summed E-state index contributed by atoms with van der Waals surface area (Å²) in [7, 11) is 1.60. The molecular formula is C13H15ClN2O2. The largest absolute Gasteiger partial charge is 0.496 e. The zero-order valence-electron chi connectivity index (χ0n) is 10.5. The van der Waals surface area contributed by atoms with Crippen molar-refractivity contribution in [3.05, 3.63) is 28.9 Å². The zero-order chi connectivity index (χ0) is 13.3. The van der Waals surface area contributed by atoms with E-state index in [0.717, 1.165) is 11.3 Å². The molecular weight excluding hydrogens is 252 g/mol. The van der Waals surface area contributed by atoms with Gasteiger partial charge in [-0.2, -0.15) is 4.98 Å². The fourth-order valence-corrected chi connectivity index (χ4v) is 1.96. The van der Waals surface area contributed by atoms with Crippen molar-refractivity contribution in [2.45, 2.75) is 19.8 Å². The van der Waals surface area contributed by atoms with E-state index in [-0.39, 0.29) is 11.9 Å². The summed E-state index contributed by atoms with van der Waals surface area (Å²) in [4.78, 5) is 4.20. The summed E-state index contributed by atoms with van der Waals surface area (Å²) in [6, 6.07) is 5.49. The Morgan fingerprint density at radius 3 is 2.72 bits per heavy atom. The van der Waals surface area contributed by atoms with Crippen LogP contribution >= 0.6 is 11.6 Å². The molecule has 0 saturated carbocycles. The van der Waals surface area contributed by atoms with Gasteiger partial charge in [-0.1, -0.05) is 25.4 Å². The number of hydrogen-bond acceptors (Lipinski definition) is 4. The van der Waals surface area contributed by atoms with Crippen molar-refractivity contribution in [3.8, 4) is 17.1 Å². The predicted molar refractivity (Wildman–Crippen MR) is 72.0 cm³/mol. The molecule has 0 unspecified atom stereocenters. The fraction of sp³-hybridized carbons (Fsp3) is 0.308. The maximum atomic E-state index is 6.01. The topological polar surface area (TPSA) is 61.3 Å². The van der Waals surface area contributed by atoms with E-state index in [2.05, 4.69) is 4.98 Å². The third kappa shape index (κ3) is 2.29. The Kier molecular flexibility index (Phi) is 3.48. The Labute approximate surface area is 111 Å². The molecule has 18 heavy (non-hydrogen) atoms. The van der Waals surface area contributed by atoms with Crippen LogP contribution < -0.4 is 10.5 Å². The summed E-state index contributed by atoms with van der Waals surface area (Å²) in [5.41, 5.74) is 7.19. The van der Waals surface area contributed by atoms with Crippen molar-refractivity contribution >= 4 is 17.6 Å². The van der Waals surface area contributed by atoms with Crippen LogP contribution in [-0.4, -0.2) is 12.1 Å². The number of methoxy groups -OCH3 is 1. The maximum Gasteiger partial charge on any atom is 0.292 e. The van der Waals surface area contributed by atoms with Crippen molar-refractivity contribution < 1.29 is 9.15 Å². The van der Waals surface area contributed by atoms with Crippen LogP contribution in [0.3, 0.4) is 0 Å². The van der Waals surface area contributed by atoms with E-state index < -0.39 is 0 Å². The van der Waals surface area contributed by atoms with Gasteiger partial charge in [0.15, 0.2) is 5.76 Å². The van der Waals surface area contributed by atoms with Gasteiger partial charge in [0, 0.05) is 5.02 Å². The van der Waals surface area contributed by atoms with Crippen LogP contribution in [0.2, 0.25) is 5.02 Å². The second kappa shape index (κ2) is 4.90. The Balaban J connectivity index is 2.64. The normalized spacial score (nSPS) is 10.9. The minimum absolute atomic E-state index is 0.149. The molecule has 0 aliphatic rings. The molecule has 0 bridgehead atoms. The molecule has 2 rings (SSSR count). The third-order valence-corrected chi connectivity index (χ3v) is 2.86. The van der Waals surface area contributed by atoms with Crippen LogP contribution in [0.5, 0.6) is 5.75 Å². The SMILES string of the molecule is COc1ccc(Cl)cc1-c1oc(N)nc1C(C)C. The molecule has 0 atom stereocenters. The third-order valence-electron chi connectivity index (χ3n) is 2.62. The first-order chi connectivity index (χ1) is 8.52. The number of rotatable bonds is 3. The Bertz CT molecular complexity index is 564. The van der Waals surface area contributed by atoms with E-state index in [1.54, 1.807) is 25.3 Å². The Morgan fingerprint density at radius 2 is 2.11 bits per heavy atom. The summed E-state index contributed by atoms with van der Waals surface area (Å²) in [5.74, 6) is 1.49. The van der Waals surface area contributed by atoms with Crippen LogP contribution in [0.25, 0.3) is 11.3 Å².